The number of carbonyl (C=O) groups is 1. The van der Waals surface area contributed by atoms with Crippen molar-refractivity contribution in [3.63, 3.8) is 0 Å². The van der Waals surface area contributed by atoms with E-state index in [2.05, 4.69) is 0 Å². The fraction of sp³-hybridized carbons (Fsp3) is 0.227. The summed E-state index contributed by atoms with van der Waals surface area (Å²) in [6.07, 6.45) is 4.96. The van der Waals surface area contributed by atoms with E-state index in [9.17, 15) is 4.79 Å². The molecule has 1 saturated heterocycles. The number of hydrogen-bond acceptors (Lipinski definition) is 2. The van der Waals surface area contributed by atoms with Gasteiger partial charge < -0.3 is 14.2 Å². The number of para-hydroxylation sites is 1. The summed E-state index contributed by atoms with van der Waals surface area (Å²) in [6, 6.07) is 21.6. The molecule has 0 aliphatic carbocycles. The molecule has 0 bridgehead atoms. The third kappa shape index (κ3) is 3.55. The van der Waals surface area contributed by atoms with Crippen LogP contribution in [0.2, 0.25) is 0 Å². The van der Waals surface area contributed by atoms with E-state index in [0.29, 0.717) is 18.0 Å². The Bertz CT molecular complexity index is 853. The molecule has 0 radical (unpaired) electrons. The van der Waals surface area contributed by atoms with Gasteiger partial charge in [-0.05, 0) is 48.9 Å². The third-order valence-corrected chi connectivity index (χ3v) is 4.77. The predicted molar refractivity (Wildman–Crippen MR) is 103 cm³/mol. The first-order chi connectivity index (χ1) is 12.8. The molecule has 0 N–H and O–H groups in total. The summed E-state index contributed by atoms with van der Waals surface area (Å²) >= 11 is 0. The van der Waals surface area contributed by atoms with Gasteiger partial charge in [-0.2, -0.15) is 0 Å². The number of rotatable bonds is 5. The van der Waals surface area contributed by atoms with E-state index in [1.807, 2.05) is 88.6 Å². The molecule has 1 atom stereocenters. The Labute approximate surface area is 153 Å². The zero-order valence-electron chi connectivity index (χ0n) is 14.6. The highest BCUT2D eigenvalue weighted by molar-refractivity contribution is 6.06. The van der Waals surface area contributed by atoms with E-state index < -0.39 is 0 Å². The smallest absolute Gasteiger partial charge is 0.258 e. The zero-order chi connectivity index (χ0) is 17.8. The first-order valence-corrected chi connectivity index (χ1v) is 8.99. The van der Waals surface area contributed by atoms with Crippen LogP contribution in [0.1, 0.15) is 16.8 Å². The summed E-state index contributed by atoms with van der Waals surface area (Å²) in [5, 5.41) is 0. The molecule has 2 aromatic carbocycles. The van der Waals surface area contributed by atoms with Crippen molar-refractivity contribution in [1.29, 1.82) is 0 Å². The average molecular weight is 346 g/mol. The van der Waals surface area contributed by atoms with Gasteiger partial charge in [-0.25, -0.2) is 0 Å². The lowest BCUT2D eigenvalue weighted by molar-refractivity contribution is 0.0981. The Balaban J connectivity index is 1.64. The van der Waals surface area contributed by atoms with Crippen LogP contribution in [0.5, 0.6) is 0 Å². The second-order valence-corrected chi connectivity index (χ2v) is 6.62. The molecule has 1 aliphatic rings. The lowest BCUT2D eigenvalue weighted by atomic mass is 10.1. The number of amides is 1. The summed E-state index contributed by atoms with van der Waals surface area (Å²) in [6.45, 7) is 2.18. The Hall–Kier alpha value is -2.85. The van der Waals surface area contributed by atoms with Crippen LogP contribution in [0.15, 0.2) is 79.1 Å². The molecular weight excluding hydrogens is 324 g/mol. The van der Waals surface area contributed by atoms with E-state index in [4.69, 9.17) is 4.74 Å². The maximum absolute atomic E-state index is 13.3. The first-order valence-electron chi connectivity index (χ1n) is 8.99. The van der Waals surface area contributed by atoms with Crippen LogP contribution in [0.4, 0.5) is 5.69 Å². The number of nitrogens with zero attached hydrogens (tertiary/aromatic N) is 2. The third-order valence-electron chi connectivity index (χ3n) is 4.77. The van der Waals surface area contributed by atoms with Crippen LogP contribution in [0, 0.1) is 5.92 Å². The maximum Gasteiger partial charge on any atom is 0.258 e. The van der Waals surface area contributed by atoms with Crippen molar-refractivity contribution in [1.82, 2.24) is 4.57 Å². The van der Waals surface area contributed by atoms with Gasteiger partial charge in [0, 0.05) is 48.4 Å². The highest BCUT2D eigenvalue weighted by Gasteiger charge is 2.24. The Morgan fingerprint density at radius 3 is 2.58 bits per heavy atom. The minimum absolute atomic E-state index is 0.0251. The van der Waals surface area contributed by atoms with Crippen molar-refractivity contribution in [2.24, 2.45) is 5.92 Å². The number of anilines is 1. The van der Waals surface area contributed by atoms with Crippen LogP contribution >= 0.6 is 0 Å². The molecule has 1 aromatic heterocycles. The largest absolute Gasteiger partial charge is 0.381 e. The SMILES string of the molecule is O=C(c1cccc(-n2cccc2)c1)N(C[C@H]1CCOC1)c1ccccc1. The second kappa shape index (κ2) is 7.58. The Morgan fingerprint density at radius 1 is 1.04 bits per heavy atom. The molecule has 4 heteroatoms. The van der Waals surface area contributed by atoms with Crippen LogP contribution in [0.3, 0.4) is 0 Å². The molecule has 1 amide bonds. The van der Waals surface area contributed by atoms with Crippen molar-refractivity contribution < 1.29 is 9.53 Å². The van der Waals surface area contributed by atoms with E-state index >= 15 is 0 Å². The summed E-state index contributed by atoms with van der Waals surface area (Å²) in [5.41, 5.74) is 2.60. The summed E-state index contributed by atoms with van der Waals surface area (Å²) in [7, 11) is 0. The molecule has 4 rings (SSSR count). The average Bonchev–Trinajstić information content (AvgIpc) is 3.40. The van der Waals surface area contributed by atoms with Gasteiger partial charge in [0.15, 0.2) is 0 Å². The highest BCUT2D eigenvalue weighted by atomic mass is 16.5. The van der Waals surface area contributed by atoms with Gasteiger partial charge in [0.2, 0.25) is 0 Å². The monoisotopic (exact) mass is 346 g/mol. The molecule has 26 heavy (non-hydrogen) atoms. The lowest BCUT2D eigenvalue weighted by Crippen LogP contribution is -2.35. The minimum Gasteiger partial charge on any atom is -0.381 e. The Kier molecular flexibility index (Phi) is 4.84. The van der Waals surface area contributed by atoms with Crippen LogP contribution in [-0.4, -0.2) is 30.2 Å². The Morgan fingerprint density at radius 2 is 1.85 bits per heavy atom. The number of aromatic nitrogens is 1. The number of benzene rings is 2. The number of hydrogen-bond donors (Lipinski definition) is 0. The highest BCUT2D eigenvalue weighted by Crippen LogP contribution is 2.23. The van der Waals surface area contributed by atoms with Gasteiger partial charge >= 0.3 is 0 Å². The van der Waals surface area contributed by atoms with Crippen molar-refractivity contribution in [2.75, 3.05) is 24.7 Å². The molecule has 1 aliphatic heterocycles. The van der Waals surface area contributed by atoms with Gasteiger partial charge in [0.05, 0.1) is 6.61 Å². The van der Waals surface area contributed by atoms with Gasteiger partial charge in [-0.15, -0.1) is 0 Å². The lowest BCUT2D eigenvalue weighted by Gasteiger charge is -2.25. The van der Waals surface area contributed by atoms with Crippen molar-refractivity contribution in [2.45, 2.75) is 6.42 Å². The topological polar surface area (TPSA) is 34.5 Å². The van der Waals surface area contributed by atoms with Crippen molar-refractivity contribution in [3.8, 4) is 5.69 Å². The van der Waals surface area contributed by atoms with E-state index in [-0.39, 0.29) is 5.91 Å². The quantitative estimate of drug-likeness (QED) is 0.695. The fourth-order valence-corrected chi connectivity index (χ4v) is 3.36. The number of ether oxygens (including phenoxy) is 1. The molecule has 0 spiro atoms. The zero-order valence-corrected chi connectivity index (χ0v) is 14.6. The normalized spacial score (nSPS) is 16.5. The molecular formula is C22H22N2O2. The molecule has 132 valence electrons. The van der Waals surface area contributed by atoms with E-state index in [0.717, 1.165) is 31.0 Å². The van der Waals surface area contributed by atoms with Crippen LogP contribution in [-0.2, 0) is 4.74 Å². The molecule has 1 fully saturated rings. The summed E-state index contributed by atoms with van der Waals surface area (Å²) in [4.78, 5) is 15.2. The van der Waals surface area contributed by atoms with Gasteiger partial charge in [-0.3, -0.25) is 4.79 Å². The van der Waals surface area contributed by atoms with E-state index in [1.54, 1.807) is 0 Å². The van der Waals surface area contributed by atoms with Crippen molar-refractivity contribution in [3.05, 3.63) is 84.7 Å². The molecule has 3 aromatic rings. The molecule has 0 unspecified atom stereocenters. The van der Waals surface area contributed by atoms with Crippen LogP contribution < -0.4 is 4.90 Å². The van der Waals surface area contributed by atoms with E-state index in [1.165, 1.54) is 0 Å². The molecule has 0 saturated carbocycles. The van der Waals surface area contributed by atoms with Crippen LogP contribution in [0.25, 0.3) is 5.69 Å². The van der Waals surface area contributed by atoms with Crippen molar-refractivity contribution >= 4 is 11.6 Å². The first kappa shape index (κ1) is 16.6. The summed E-state index contributed by atoms with van der Waals surface area (Å²) in [5.74, 6) is 0.406. The maximum atomic E-state index is 13.3. The van der Waals surface area contributed by atoms with Gasteiger partial charge in [0.1, 0.15) is 0 Å². The summed E-state index contributed by atoms with van der Waals surface area (Å²) < 4.78 is 7.51. The van der Waals surface area contributed by atoms with Gasteiger partial charge in [-0.1, -0.05) is 24.3 Å². The predicted octanol–water partition coefficient (Wildman–Crippen LogP) is 4.16. The standard InChI is InChI=1S/C22H22N2O2/c25-22(19-7-6-10-21(15-19)23-12-4-5-13-23)24(16-18-11-14-26-17-18)20-8-2-1-3-9-20/h1-10,12-13,15,18H,11,14,16-17H2/t18-/m1/s1. The minimum atomic E-state index is 0.0251. The molecule has 4 nitrogen and oxygen atoms in total. The fourth-order valence-electron chi connectivity index (χ4n) is 3.36. The van der Waals surface area contributed by atoms with Gasteiger partial charge in [0.25, 0.3) is 5.91 Å². The molecule has 2 heterocycles. The second-order valence-electron chi connectivity index (χ2n) is 6.62. The number of carbonyl (C=O) groups excluding carboxylic acids is 1.